The lowest BCUT2D eigenvalue weighted by molar-refractivity contribution is 0.00668. The Balaban J connectivity index is 2.05. The van der Waals surface area contributed by atoms with Crippen LogP contribution in [-0.2, 0) is 11.3 Å². The lowest BCUT2D eigenvalue weighted by atomic mass is 10.0. The number of rotatable bonds is 2. The lowest BCUT2D eigenvalue weighted by Crippen LogP contribution is -2.29. The molecule has 0 aromatic carbocycles. The fraction of sp³-hybridized carbons (Fsp3) is 0.500. The molecule has 4 nitrogen and oxygen atoms in total. The summed E-state index contributed by atoms with van der Waals surface area (Å²) in [4.78, 5) is 7.56. The summed E-state index contributed by atoms with van der Waals surface area (Å²) >= 11 is 5.35. The largest absolute Gasteiger partial charge is 0.373 e. The van der Waals surface area contributed by atoms with Crippen LogP contribution in [-0.4, -0.2) is 26.7 Å². The Labute approximate surface area is 105 Å². The van der Waals surface area contributed by atoms with Gasteiger partial charge in [-0.3, -0.25) is 4.57 Å². The predicted molar refractivity (Wildman–Crippen MR) is 68.5 cm³/mol. The first kappa shape index (κ1) is 10.9. The maximum absolute atomic E-state index is 5.81. The second kappa shape index (κ2) is 3.92. The molecule has 1 atom stereocenters. The molecule has 1 fully saturated rings. The Kier molecular flexibility index (Phi) is 2.52. The first-order chi connectivity index (χ1) is 8.18. The normalized spacial score (nSPS) is 24.5. The first-order valence-corrected chi connectivity index (χ1v) is 6.26. The maximum atomic E-state index is 5.81. The Morgan fingerprint density at radius 3 is 3.29 bits per heavy atom. The van der Waals surface area contributed by atoms with Gasteiger partial charge < -0.3 is 9.72 Å². The topological polar surface area (TPSA) is 42.8 Å². The molecule has 90 valence electrons. The quantitative estimate of drug-likeness (QED) is 0.832. The van der Waals surface area contributed by atoms with Gasteiger partial charge in [-0.2, -0.15) is 0 Å². The molecule has 1 N–H and O–H groups in total. The number of hydrogen-bond acceptors (Lipinski definition) is 3. The van der Waals surface area contributed by atoms with Crippen molar-refractivity contribution in [1.82, 2.24) is 14.5 Å². The Bertz CT molecular complexity index is 595. The number of nitrogens with zero attached hydrogens (tertiary/aromatic N) is 2. The van der Waals surface area contributed by atoms with Gasteiger partial charge in [0, 0.05) is 12.8 Å². The molecule has 0 spiro atoms. The van der Waals surface area contributed by atoms with E-state index < -0.39 is 0 Å². The molecule has 1 saturated heterocycles. The molecule has 0 amide bonds. The first-order valence-electron chi connectivity index (χ1n) is 5.85. The van der Waals surface area contributed by atoms with Gasteiger partial charge in [-0.05, 0) is 44.1 Å². The summed E-state index contributed by atoms with van der Waals surface area (Å²) in [5, 5.41) is 0. The second-order valence-corrected chi connectivity index (χ2v) is 5.18. The van der Waals surface area contributed by atoms with Gasteiger partial charge in [0.2, 0.25) is 0 Å². The van der Waals surface area contributed by atoms with E-state index in [0.29, 0.717) is 0 Å². The fourth-order valence-electron chi connectivity index (χ4n) is 2.43. The highest BCUT2D eigenvalue weighted by Gasteiger charge is 2.31. The SMILES string of the molecule is CC1(Cn2c(=S)[nH]c3cccnc32)CCCO1. The monoisotopic (exact) mass is 249 g/mol. The van der Waals surface area contributed by atoms with Crippen molar-refractivity contribution < 1.29 is 4.74 Å². The molecule has 1 unspecified atom stereocenters. The Morgan fingerprint density at radius 1 is 1.65 bits per heavy atom. The molecule has 0 radical (unpaired) electrons. The molecule has 5 heteroatoms. The maximum Gasteiger partial charge on any atom is 0.179 e. The van der Waals surface area contributed by atoms with E-state index in [0.717, 1.165) is 41.9 Å². The number of pyridine rings is 1. The van der Waals surface area contributed by atoms with Gasteiger partial charge in [0.05, 0.1) is 17.7 Å². The van der Waals surface area contributed by atoms with Crippen LogP contribution in [0.3, 0.4) is 0 Å². The summed E-state index contributed by atoms with van der Waals surface area (Å²) in [6, 6.07) is 3.90. The van der Waals surface area contributed by atoms with Crippen LogP contribution in [0.15, 0.2) is 18.3 Å². The Morgan fingerprint density at radius 2 is 2.53 bits per heavy atom. The zero-order valence-electron chi connectivity index (χ0n) is 9.77. The van der Waals surface area contributed by atoms with Crippen LogP contribution in [0.5, 0.6) is 0 Å². The van der Waals surface area contributed by atoms with Gasteiger partial charge in [-0.1, -0.05) is 0 Å². The minimum Gasteiger partial charge on any atom is -0.373 e. The highest BCUT2D eigenvalue weighted by Crippen LogP contribution is 2.28. The van der Waals surface area contributed by atoms with E-state index in [1.54, 1.807) is 6.20 Å². The summed E-state index contributed by atoms with van der Waals surface area (Å²) in [5.74, 6) is 0. The van der Waals surface area contributed by atoms with Crippen LogP contribution in [0.2, 0.25) is 0 Å². The smallest absolute Gasteiger partial charge is 0.179 e. The van der Waals surface area contributed by atoms with E-state index in [9.17, 15) is 0 Å². The van der Waals surface area contributed by atoms with Crippen molar-refractivity contribution in [3.8, 4) is 0 Å². The van der Waals surface area contributed by atoms with Crippen molar-refractivity contribution in [3.63, 3.8) is 0 Å². The third kappa shape index (κ3) is 1.89. The molecule has 3 heterocycles. The molecule has 1 aliphatic heterocycles. The van der Waals surface area contributed by atoms with Gasteiger partial charge in [-0.15, -0.1) is 0 Å². The highest BCUT2D eigenvalue weighted by atomic mass is 32.1. The van der Waals surface area contributed by atoms with E-state index >= 15 is 0 Å². The van der Waals surface area contributed by atoms with Gasteiger partial charge in [0.15, 0.2) is 10.4 Å². The number of ether oxygens (including phenoxy) is 1. The van der Waals surface area contributed by atoms with Crippen molar-refractivity contribution in [3.05, 3.63) is 23.1 Å². The lowest BCUT2D eigenvalue weighted by Gasteiger charge is -2.23. The van der Waals surface area contributed by atoms with E-state index in [1.165, 1.54) is 0 Å². The molecule has 0 saturated carbocycles. The molecule has 0 aliphatic carbocycles. The minimum atomic E-state index is -0.106. The average molecular weight is 249 g/mol. The number of imidazole rings is 1. The van der Waals surface area contributed by atoms with Crippen LogP contribution in [0, 0.1) is 4.77 Å². The van der Waals surface area contributed by atoms with Crippen LogP contribution < -0.4 is 0 Å². The van der Waals surface area contributed by atoms with Crippen molar-refractivity contribution >= 4 is 23.4 Å². The van der Waals surface area contributed by atoms with E-state index in [-0.39, 0.29) is 5.60 Å². The van der Waals surface area contributed by atoms with Gasteiger partial charge >= 0.3 is 0 Å². The molecule has 1 aliphatic rings. The summed E-state index contributed by atoms with van der Waals surface area (Å²) in [7, 11) is 0. The molecule has 2 aromatic heterocycles. The Hall–Kier alpha value is -1.20. The zero-order valence-corrected chi connectivity index (χ0v) is 10.6. The van der Waals surface area contributed by atoms with Crippen molar-refractivity contribution in [2.24, 2.45) is 0 Å². The van der Waals surface area contributed by atoms with Crippen LogP contribution in [0.1, 0.15) is 19.8 Å². The predicted octanol–water partition coefficient (Wildman–Crippen LogP) is 2.66. The van der Waals surface area contributed by atoms with Crippen molar-refractivity contribution in [1.29, 1.82) is 0 Å². The highest BCUT2D eigenvalue weighted by molar-refractivity contribution is 7.71. The number of hydrogen-bond donors (Lipinski definition) is 1. The van der Waals surface area contributed by atoms with Crippen LogP contribution in [0.25, 0.3) is 11.2 Å². The van der Waals surface area contributed by atoms with Gasteiger partial charge in [0.25, 0.3) is 0 Å². The second-order valence-electron chi connectivity index (χ2n) is 4.79. The number of aromatic amines is 1. The zero-order chi connectivity index (χ0) is 11.9. The van der Waals surface area contributed by atoms with Crippen LogP contribution >= 0.6 is 12.2 Å². The average Bonchev–Trinajstić information content (AvgIpc) is 2.86. The number of nitrogens with one attached hydrogen (secondary N) is 1. The summed E-state index contributed by atoms with van der Waals surface area (Å²) in [6.07, 6.45) is 3.99. The standard InChI is InChI=1S/C12H15N3OS/c1-12(5-3-7-16-12)8-15-10-9(14-11(15)17)4-2-6-13-10/h2,4,6H,3,5,7-8H2,1H3,(H,14,17). The van der Waals surface area contributed by atoms with E-state index in [1.807, 2.05) is 16.7 Å². The minimum absolute atomic E-state index is 0.106. The van der Waals surface area contributed by atoms with Crippen molar-refractivity contribution in [2.45, 2.75) is 31.9 Å². The molecule has 17 heavy (non-hydrogen) atoms. The van der Waals surface area contributed by atoms with Crippen LogP contribution in [0.4, 0.5) is 0 Å². The number of fused-ring (bicyclic) bond motifs is 1. The van der Waals surface area contributed by atoms with E-state index in [2.05, 4.69) is 16.9 Å². The third-order valence-corrected chi connectivity index (χ3v) is 3.64. The third-order valence-electron chi connectivity index (χ3n) is 3.32. The van der Waals surface area contributed by atoms with E-state index in [4.69, 9.17) is 17.0 Å². The molecular formula is C12H15N3OS. The van der Waals surface area contributed by atoms with Gasteiger partial charge in [0.1, 0.15) is 0 Å². The number of H-pyrrole nitrogens is 1. The molecular weight excluding hydrogens is 234 g/mol. The number of aromatic nitrogens is 3. The summed E-state index contributed by atoms with van der Waals surface area (Å²) in [6.45, 7) is 3.76. The fourth-order valence-corrected chi connectivity index (χ4v) is 2.69. The molecule has 2 aromatic rings. The van der Waals surface area contributed by atoms with Gasteiger partial charge in [-0.25, -0.2) is 4.98 Å². The summed E-state index contributed by atoms with van der Waals surface area (Å²) in [5.41, 5.74) is 1.79. The molecule has 0 bridgehead atoms. The molecule has 3 rings (SSSR count). The summed E-state index contributed by atoms with van der Waals surface area (Å²) < 4.78 is 8.56. The van der Waals surface area contributed by atoms with Crippen molar-refractivity contribution in [2.75, 3.05) is 6.61 Å².